The van der Waals surface area contributed by atoms with E-state index in [0.717, 1.165) is 22.5 Å². The molecule has 0 aliphatic rings. The third-order valence-corrected chi connectivity index (χ3v) is 3.05. The molecule has 1 aromatic heterocycles. The first kappa shape index (κ1) is 13.9. The molecule has 0 atom stereocenters. The molecule has 0 aliphatic heterocycles. The van der Waals surface area contributed by atoms with Crippen molar-refractivity contribution in [3.8, 4) is 0 Å². The van der Waals surface area contributed by atoms with Gasteiger partial charge in [0.1, 0.15) is 0 Å². The summed E-state index contributed by atoms with van der Waals surface area (Å²) in [6.45, 7) is 1.85. The van der Waals surface area contributed by atoms with Crippen LogP contribution in [0.3, 0.4) is 0 Å². The number of carbonyl (C=O) groups excluding carboxylic acids is 1. The number of hydrogen-bond acceptors (Lipinski definition) is 2. The van der Waals surface area contributed by atoms with Crippen molar-refractivity contribution < 1.29 is 14.7 Å². The Balaban J connectivity index is 1.92. The van der Waals surface area contributed by atoms with E-state index in [1.807, 2.05) is 30.5 Å². The molecule has 1 aromatic carbocycles. The highest BCUT2D eigenvalue weighted by Gasteiger charge is 2.05. The summed E-state index contributed by atoms with van der Waals surface area (Å²) in [5.74, 6) is -1.47. The number of benzene rings is 1. The van der Waals surface area contributed by atoms with E-state index in [2.05, 4.69) is 10.3 Å². The van der Waals surface area contributed by atoms with E-state index < -0.39 is 5.97 Å². The van der Waals surface area contributed by atoms with Gasteiger partial charge in [0, 0.05) is 35.3 Å². The first-order chi connectivity index (χ1) is 9.58. The van der Waals surface area contributed by atoms with E-state index in [1.165, 1.54) is 6.92 Å². The number of nitrogens with one attached hydrogen (secondary N) is 2. The molecule has 0 fully saturated rings. The van der Waals surface area contributed by atoms with Crippen LogP contribution >= 0.6 is 0 Å². The Kier molecular flexibility index (Phi) is 4.20. The normalized spacial score (nSPS) is 11.6. The van der Waals surface area contributed by atoms with E-state index in [4.69, 9.17) is 5.11 Å². The van der Waals surface area contributed by atoms with Crippen LogP contribution in [0.5, 0.6) is 0 Å². The molecule has 1 amide bonds. The Hall–Kier alpha value is -2.56. The molecular formula is C15H16N2O3. The maximum absolute atomic E-state index is 11.5. The summed E-state index contributed by atoms with van der Waals surface area (Å²) in [5.41, 5.74) is 2.21. The second-order valence-corrected chi connectivity index (χ2v) is 4.53. The molecule has 104 valence electrons. The number of aromatic nitrogens is 1. The van der Waals surface area contributed by atoms with Gasteiger partial charge < -0.3 is 15.4 Å². The molecule has 0 saturated carbocycles. The molecule has 0 spiro atoms. The minimum absolute atomic E-state index is 0.0228. The smallest absolute Gasteiger partial charge is 0.331 e. The third kappa shape index (κ3) is 3.26. The molecule has 0 aliphatic carbocycles. The van der Waals surface area contributed by atoms with Crippen LogP contribution in [0.25, 0.3) is 10.9 Å². The highest BCUT2D eigenvalue weighted by Crippen LogP contribution is 2.17. The van der Waals surface area contributed by atoms with E-state index in [-0.39, 0.29) is 11.5 Å². The van der Waals surface area contributed by atoms with Crippen molar-refractivity contribution in [2.75, 3.05) is 6.54 Å². The Labute approximate surface area is 116 Å². The van der Waals surface area contributed by atoms with E-state index in [1.54, 1.807) is 0 Å². The second-order valence-electron chi connectivity index (χ2n) is 4.53. The lowest BCUT2D eigenvalue weighted by Gasteiger charge is -2.02. The van der Waals surface area contributed by atoms with E-state index >= 15 is 0 Å². The van der Waals surface area contributed by atoms with E-state index in [0.29, 0.717) is 13.0 Å². The van der Waals surface area contributed by atoms with Crippen molar-refractivity contribution in [2.24, 2.45) is 0 Å². The van der Waals surface area contributed by atoms with Crippen LogP contribution < -0.4 is 5.32 Å². The van der Waals surface area contributed by atoms with Gasteiger partial charge in [-0.05, 0) is 25.0 Å². The van der Waals surface area contributed by atoms with Crippen LogP contribution in [-0.4, -0.2) is 28.5 Å². The number of carbonyl (C=O) groups is 2. The predicted molar refractivity (Wildman–Crippen MR) is 76.4 cm³/mol. The van der Waals surface area contributed by atoms with Crippen molar-refractivity contribution in [1.29, 1.82) is 0 Å². The first-order valence-electron chi connectivity index (χ1n) is 6.32. The molecule has 5 heteroatoms. The lowest BCUT2D eigenvalue weighted by Crippen LogP contribution is -2.24. The van der Waals surface area contributed by atoms with Crippen molar-refractivity contribution in [1.82, 2.24) is 10.3 Å². The minimum Gasteiger partial charge on any atom is -0.478 e. The zero-order chi connectivity index (χ0) is 14.5. The number of para-hydroxylation sites is 1. The second kappa shape index (κ2) is 6.06. The molecular weight excluding hydrogens is 256 g/mol. The number of carboxylic acids is 1. The van der Waals surface area contributed by atoms with Gasteiger partial charge in [-0.25, -0.2) is 4.79 Å². The molecule has 0 saturated heterocycles. The summed E-state index contributed by atoms with van der Waals surface area (Å²) in [5, 5.41) is 12.5. The number of aliphatic carboxylic acids is 1. The molecule has 2 rings (SSSR count). The SMILES string of the molecule is CC(=CC(=O)NCCc1c[nH]c2ccccc12)C(=O)O. The fourth-order valence-electron chi connectivity index (χ4n) is 1.97. The number of rotatable bonds is 5. The van der Waals surface area contributed by atoms with Crippen LogP contribution in [0, 0.1) is 0 Å². The Bertz CT molecular complexity index is 671. The van der Waals surface area contributed by atoms with Gasteiger partial charge in [0.05, 0.1) is 0 Å². The summed E-state index contributed by atoms with van der Waals surface area (Å²) in [7, 11) is 0. The number of carboxylic acid groups (broad SMARTS) is 1. The van der Waals surface area contributed by atoms with Crippen LogP contribution in [0.4, 0.5) is 0 Å². The molecule has 3 N–H and O–H groups in total. The number of H-pyrrole nitrogens is 1. The highest BCUT2D eigenvalue weighted by atomic mass is 16.4. The molecule has 20 heavy (non-hydrogen) atoms. The van der Waals surface area contributed by atoms with Gasteiger partial charge in [0.25, 0.3) is 0 Å². The molecule has 0 unspecified atom stereocenters. The van der Waals surface area contributed by atoms with Gasteiger partial charge in [-0.2, -0.15) is 0 Å². The average molecular weight is 272 g/mol. The summed E-state index contributed by atoms with van der Waals surface area (Å²) in [4.78, 5) is 25.3. The topological polar surface area (TPSA) is 82.2 Å². The van der Waals surface area contributed by atoms with Crippen LogP contribution in [0.2, 0.25) is 0 Å². The summed E-state index contributed by atoms with van der Waals surface area (Å²) >= 11 is 0. The summed E-state index contributed by atoms with van der Waals surface area (Å²) in [6.07, 6.45) is 3.71. The van der Waals surface area contributed by atoms with Gasteiger partial charge in [-0.3, -0.25) is 4.79 Å². The van der Waals surface area contributed by atoms with Crippen molar-refractivity contribution in [3.05, 3.63) is 47.7 Å². The Morgan fingerprint density at radius 3 is 2.85 bits per heavy atom. The molecule has 2 aromatic rings. The largest absolute Gasteiger partial charge is 0.478 e. The fourth-order valence-corrected chi connectivity index (χ4v) is 1.97. The van der Waals surface area contributed by atoms with Gasteiger partial charge in [-0.1, -0.05) is 18.2 Å². The zero-order valence-corrected chi connectivity index (χ0v) is 11.1. The average Bonchev–Trinajstić information content (AvgIpc) is 2.82. The molecule has 5 nitrogen and oxygen atoms in total. The maximum atomic E-state index is 11.5. The van der Waals surface area contributed by atoms with Crippen molar-refractivity contribution in [2.45, 2.75) is 13.3 Å². The molecule has 0 radical (unpaired) electrons. The number of aromatic amines is 1. The highest BCUT2D eigenvalue weighted by molar-refractivity contribution is 5.97. The first-order valence-corrected chi connectivity index (χ1v) is 6.32. The quantitative estimate of drug-likeness (QED) is 0.726. The summed E-state index contributed by atoms with van der Waals surface area (Å²) < 4.78 is 0. The van der Waals surface area contributed by atoms with Gasteiger partial charge in [0.2, 0.25) is 5.91 Å². The minimum atomic E-state index is -1.09. The number of fused-ring (bicyclic) bond motifs is 1. The Morgan fingerprint density at radius 2 is 2.10 bits per heavy atom. The van der Waals surface area contributed by atoms with Crippen LogP contribution in [0.1, 0.15) is 12.5 Å². The monoisotopic (exact) mass is 272 g/mol. The lowest BCUT2D eigenvalue weighted by atomic mass is 10.1. The maximum Gasteiger partial charge on any atom is 0.331 e. The third-order valence-electron chi connectivity index (χ3n) is 3.05. The number of amides is 1. The van der Waals surface area contributed by atoms with Crippen LogP contribution in [0.15, 0.2) is 42.1 Å². The van der Waals surface area contributed by atoms with Crippen LogP contribution in [-0.2, 0) is 16.0 Å². The predicted octanol–water partition coefficient (Wildman–Crippen LogP) is 1.86. The number of hydrogen-bond donors (Lipinski definition) is 3. The van der Waals surface area contributed by atoms with E-state index in [9.17, 15) is 9.59 Å². The van der Waals surface area contributed by atoms with Crippen molar-refractivity contribution in [3.63, 3.8) is 0 Å². The Morgan fingerprint density at radius 1 is 1.35 bits per heavy atom. The van der Waals surface area contributed by atoms with Gasteiger partial charge in [0.15, 0.2) is 0 Å². The fraction of sp³-hybridized carbons (Fsp3) is 0.200. The summed E-state index contributed by atoms with van der Waals surface area (Å²) in [6, 6.07) is 7.95. The standard InChI is InChI=1S/C15H16N2O3/c1-10(15(19)20)8-14(18)16-7-6-11-9-17-13-5-3-2-4-12(11)13/h2-5,8-9,17H,6-7H2,1H3,(H,16,18)(H,19,20). The molecule has 0 bridgehead atoms. The lowest BCUT2D eigenvalue weighted by molar-refractivity contribution is -0.133. The van der Waals surface area contributed by atoms with Gasteiger partial charge >= 0.3 is 5.97 Å². The zero-order valence-electron chi connectivity index (χ0n) is 11.1. The van der Waals surface area contributed by atoms with Crippen molar-refractivity contribution >= 4 is 22.8 Å². The molecule has 1 heterocycles. The van der Waals surface area contributed by atoms with Gasteiger partial charge in [-0.15, -0.1) is 0 Å².